The number of para-hydroxylation sites is 1. The molecule has 3 N–H and O–H groups in total. The van der Waals surface area contributed by atoms with Crippen LogP contribution in [0.5, 0.6) is 0 Å². The summed E-state index contributed by atoms with van der Waals surface area (Å²) in [7, 11) is -2.04. The summed E-state index contributed by atoms with van der Waals surface area (Å²) in [4.78, 5) is 4.90. The standard InChI is InChI=1S/C23H26N4O2S.HI/c1-18-8-10-19(11-9-18)16-25-23(27-21-6-4-3-5-7-21)26-17-20-12-14-22(15-13-20)30(28,29)24-2;/h3-15,24H,16-17H2,1-2H3,(H2,25,26,27);1H. The molecule has 0 aliphatic heterocycles. The average molecular weight is 550 g/mol. The second-order valence-electron chi connectivity index (χ2n) is 6.85. The summed E-state index contributed by atoms with van der Waals surface area (Å²) < 4.78 is 26.0. The van der Waals surface area contributed by atoms with Gasteiger partial charge in [0.25, 0.3) is 0 Å². The van der Waals surface area contributed by atoms with E-state index in [1.165, 1.54) is 12.6 Å². The minimum absolute atomic E-state index is 0. The molecule has 8 heteroatoms. The lowest BCUT2D eigenvalue weighted by Crippen LogP contribution is -2.30. The normalized spacial score (nSPS) is 11.5. The molecule has 0 unspecified atom stereocenters. The SMILES string of the molecule is CNS(=O)(=O)c1ccc(CN=C(NCc2ccc(C)cc2)Nc2ccccc2)cc1.I. The first-order chi connectivity index (χ1) is 14.5. The van der Waals surface area contributed by atoms with Crippen molar-refractivity contribution < 1.29 is 8.42 Å². The summed E-state index contributed by atoms with van der Waals surface area (Å²) in [6, 6.07) is 24.9. The summed E-state index contributed by atoms with van der Waals surface area (Å²) >= 11 is 0. The Kier molecular flexibility index (Phi) is 9.47. The molecule has 6 nitrogen and oxygen atoms in total. The third-order valence-corrected chi connectivity index (χ3v) is 5.97. The van der Waals surface area contributed by atoms with Crippen molar-refractivity contribution in [3.05, 3.63) is 95.6 Å². The molecule has 0 radical (unpaired) electrons. The highest BCUT2D eigenvalue weighted by molar-refractivity contribution is 14.0. The number of hydrogen-bond acceptors (Lipinski definition) is 3. The van der Waals surface area contributed by atoms with E-state index in [4.69, 9.17) is 0 Å². The van der Waals surface area contributed by atoms with Gasteiger partial charge in [0, 0.05) is 12.2 Å². The van der Waals surface area contributed by atoms with E-state index in [1.807, 2.05) is 30.3 Å². The molecular weight excluding hydrogens is 523 g/mol. The van der Waals surface area contributed by atoms with Crippen LogP contribution < -0.4 is 15.4 Å². The summed E-state index contributed by atoms with van der Waals surface area (Å²) in [6.07, 6.45) is 0. The second-order valence-corrected chi connectivity index (χ2v) is 8.73. The van der Waals surface area contributed by atoms with Gasteiger partial charge in [-0.25, -0.2) is 18.1 Å². The number of nitrogens with one attached hydrogen (secondary N) is 3. The summed E-state index contributed by atoms with van der Waals surface area (Å²) in [5.74, 6) is 0.647. The lowest BCUT2D eigenvalue weighted by molar-refractivity contribution is 0.588. The van der Waals surface area contributed by atoms with Gasteiger partial charge in [0.05, 0.1) is 11.4 Å². The van der Waals surface area contributed by atoms with E-state index in [9.17, 15) is 8.42 Å². The minimum Gasteiger partial charge on any atom is -0.352 e. The van der Waals surface area contributed by atoms with Crippen LogP contribution in [0.2, 0.25) is 0 Å². The maximum atomic E-state index is 11.9. The van der Waals surface area contributed by atoms with Gasteiger partial charge in [-0.3, -0.25) is 0 Å². The Bertz CT molecular complexity index is 1080. The largest absolute Gasteiger partial charge is 0.352 e. The number of aliphatic imine (C=N–C) groups is 1. The summed E-state index contributed by atoms with van der Waals surface area (Å²) in [6.45, 7) is 3.11. The van der Waals surface area contributed by atoms with Crippen LogP contribution >= 0.6 is 24.0 Å². The maximum absolute atomic E-state index is 11.9. The van der Waals surface area contributed by atoms with Crippen molar-refractivity contribution in [1.29, 1.82) is 0 Å². The molecule has 31 heavy (non-hydrogen) atoms. The number of aryl methyl sites for hydroxylation is 1. The van der Waals surface area contributed by atoms with E-state index in [1.54, 1.807) is 24.3 Å². The summed E-state index contributed by atoms with van der Waals surface area (Å²) in [5.41, 5.74) is 4.22. The van der Waals surface area contributed by atoms with Crippen molar-refractivity contribution >= 4 is 45.6 Å². The molecule has 0 amide bonds. The van der Waals surface area contributed by atoms with Crippen molar-refractivity contribution in [1.82, 2.24) is 10.0 Å². The molecule has 0 fully saturated rings. The fraction of sp³-hybridized carbons (Fsp3) is 0.174. The Hall–Kier alpha value is -2.43. The highest BCUT2D eigenvalue weighted by Crippen LogP contribution is 2.12. The van der Waals surface area contributed by atoms with Crippen LogP contribution in [0.3, 0.4) is 0 Å². The number of halogens is 1. The zero-order chi connectivity index (χ0) is 21.4. The molecule has 0 spiro atoms. The monoisotopic (exact) mass is 550 g/mol. The first kappa shape index (κ1) is 24.8. The molecule has 0 saturated carbocycles. The van der Waals surface area contributed by atoms with Crippen molar-refractivity contribution in [2.75, 3.05) is 12.4 Å². The molecule has 0 aromatic heterocycles. The van der Waals surface area contributed by atoms with Gasteiger partial charge in [-0.2, -0.15) is 0 Å². The minimum atomic E-state index is -3.44. The number of rotatable bonds is 7. The Labute approximate surface area is 201 Å². The third-order valence-electron chi connectivity index (χ3n) is 4.54. The van der Waals surface area contributed by atoms with E-state index in [2.05, 4.69) is 51.5 Å². The van der Waals surface area contributed by atoms with Gasteiger partial charge in [0.1, 0.15) is 0 Å². The predicted molar refractivity (Wildman–Crippen MR) is 137 cm³/mol. The molecule has 0 heterocycles. The Morgan fingerprint density at radius 2 is 1.48 bits per heavy atom. The molecule has 3 aromatic carbocycles. The smallest absolute Gasteiger partial charge is 0.240 e. The van der Waals surface area contributed by atoms with Gasteiger partial charge in [0.15, 0.2) is 5.96 Å². The van der Waals surface area contributed by atoms with Gasteiger partial charge in [0.2, 0.25) is 10.0 Å². The van der Waals surface area contributed by atoms with Crippen LogP contribution in [0.4, 0.5) is 5.69 Å². The van der Waals surface area contributed by atoms with Crippen LogP contribution in [0.25, 0.3) is 0 Å². The van der Waals surface area contributed by atoms with E-state index in [-0.39, 0.29) is 28.9 Å². The lowest BCUT2D eigenvalue weighted by Gasteiger charge is -2.13. The summed E-state index contributed by atoms with van der Waals surface area (Å²) in [5, 5.41) is 6.66. The number of sulfonamides is 1. The molecular formula is C23H27IN4O2S. The number of anilines is 1. The van der Waals surface area contributed by atoms with Crippen molar-refractivity contribution in [3.63, 3.8) is 0 Å². The molecule has 0 saturated heterocycles. The first-order valence-electron chi connectivity index (χ1n) is 9.65. The number of benzene rings is 3. The van der Waals surface area contributed by atoms with Crippen molar-refractivity contribution in [2.24, 2.45) is 4.99 Å². The zero-order valence-corrected chi connectivity index (χ0v) is 20.6. The Morgan fingerprint density at radius 1 is 0.871 bits per heavy atom. The molecule has 164 valence electrons. The van der Waals surface area contributed by atoms with Crippen LogP contribution in [0, 0.1) is 6.92 Å². The molecule has 0 bridgehead atoms. The highest BCUT2D eigenvalue weighted by Gasteiger charge is 2.10. The molecule has 0 aliphatic carbocycles. The van der Waals surface area contributed by atoms with Gasteiger partial charge in [-0.15, -0.1) is 24.0 Å². The predicted octanol–water partition coefficient (Wildman–Crippen LogP) is 4.28. The quantitative estimate of drug-likeness (QED) is 0.233. The second kappa shape index (κ2) is 11.8. The number of guanidine groups is 1. The van der Waals surface area contributed by atoms with Gasteiger partial charge < -0.3 is 10.6 Å². The van der Waals surface area contributed by atoms with Crippen LogP contribution in [0.1, 0.15) is 16.7 Å². The third kappa shape index (κ3) is 7.64. The number of nitrogens with zero attached hydrogens (tertiary/aromatic N) is 1. The van der Waals surface area contributed by atoms with Crippen molar-refractivity contribution in [3.8, 4) is 0 Å². The van der Waals surface area contributed by atoms with Gasteiger partial charge in [-0.05, 0) is 49.4 Å². The van der Waals surface area contributed by atoms with Gasteiger partial charge >= 0.3 is 0 Å². The van der Waals surface area contributed by atoms with E-state index in [0.717, 1.165) is 16.8 Å². The maximum Gasteiger partial charge on any atom is 0.240 e. The van der Waals surface area contributed by atoms with E-state index >= 15 is 0 Å². The molecule has 3 aromatic rings. The van der Waals surface area contributed by atoms with Crippen LogP contribution in [-0.2, 0) is 23.1 Å². The number of hydrogen-bond donors (Lipinski definition) is 3. The first-order valence-corrected chi connectivity index (χ1v) is 11.1. The van der Waals surface area contributed by atoms with Crippen molar-refractivity contribution in [2.45, 2.75) is 24.9 Å². The molecule has 0 atom stereocenters. The lowest BCUT2D eigenvalue weighted by atomic mass is 10.1. The van der Waals surface area contributed by atoms with Crippen LogP contribution in [-0.4, -0.2) is 21.4 Å². The Morgan fingerprint density at radius 3 is 2.10 bits per heavy atom. The molecule has 0 aliphatic rings. The Balaban J connectivity index is 0.00000341. The fourth-order valence-electron chi connectivity index (χ4n) is 2.75. The topological polar surface area (TPSA) is 82.6 Å². The fourth-order valence-corrected chi connectivity index (χ4v) is 3.48. The zero-order valence-electron chi connectivity index (χ0n) is 17.5. The van der Waals surface area contributed by atoms with E-state index in [0.29, 0.717) is 19.0 Å². The van der Waals surface area contributed by atoms with Crippen LogP contribution in [0.15, 0.2) is 88.8 Å². The van der Waals surface area contributed by atoms with Gasteiger partial charge in [-0.1, -0.05) is 60.2 Å². The highest BCUT2D eigenvalue weighted by atomic mass is 127. The average Bonchev–Trinajstić information content (AvgIpc) is 2.77. The molecule has 3 rings (SSSR count). The van der Waals surface area contributed by atoms with E-state index < -0.39 is 10.0 Å².